The molecule has 17 heavy (non-hydrogen) atoms. The van der Waals surface area contributed by atoms with Crippen LogP contribution in [0.5, 0.6) is 0 Å². The van der Waals surface area contributed by atoms with Crippen molar-refractivity contribution in [3.05, 3.63) is 35.6 Å². The number of aliphatic imine (C=N–C) groups is 1. The van der Waals surface area contributed by atoms with Crippen LogP contribution in [0.2, 0.25) is 0 Å². The molecule has 0 aliphatic carbocycles. The molecule has 0 aromatic heterocycles. The van der Waals surface area contributed by atoms with E-state index < -0.39 is 0 Å². The van der Waals surface area contributed by atoms with Crippen LogP contribution in [-0.4, -0.2) is 25.3 Å². The molecule has 0 radical (unpaired) electrons. The van der Waals surface area contributed by atoms with E-state index in [0.29, 0.717) is 13.2 Å². The highest BCUT2D eigenvalue weighted by Crippen LogP contribution is 2.26. The van der Waals surface area contributed by atoms with Crippen molar-refractivity contribution in [2.24, 2.45) is 10.7 Å². The van der Waals surface area contributed by atoms with Crippen molar-refractivity contribution in [3.63, 3.8) is 0 Å². The molecule has 0 saturated carbocycles. The summed E-state index contributed by atoms with van der Waals surface area (Å²) >= 11 is 0. The molecule has 2 N–H and O–H groups in total. The highest BCUT2D eigenvalue weighted by Gasteiger charge is 2.28. The average Bonchev–Trinajstić information content (AvgIpc) is 2.74. The van der Waals surface area contributed by atoms with Gasteiger partial charge in [0.25, 0.3) is 6.02 Å². The van der Waals surface area contributed by atoms with Gasteiger partial charge in [-0.3, -0.25) is 0 Å². The number of benzene rings is 1. The molecule has 2 rings (SSSR count). The van der Waals surface area contributed by atoms with Gasteiger partial charge in [-0.05, 0) is 24.6 Å². The van der Waals surface area contributed by atoms with Crippen LogP contribution in [0.3, 0.4) is 0 Å². The summed E-state index contributed by atoms with van der Waals surface area (Å²) in [4.78, 5) is 4.16. The van der Waals surface area contributed by atoms with E-state index in [-0.39, 0.29) is 24.0 Å². The zero-order valence-electron chi connectivity index (χ0n) is 9.60. The second-order valence-corrected chi connectivity index (χ2v) is 3.77. The molecule has 1 aromatic carbocycles. The van der Waals surface area contributed by atoms with Crippen LogP contribution in [-0.2, 0) is 9.47 Å². The van der Waals surface area contributed by atoms with Gasteiger partial charge in [0, 0.05) is 6.61 Å². The number of nitrogens with zero attached hydrogens (tertiary/aromatic N) is 1. The zero-order chi connectivity index (χ0) is 12.3. The predicted molar refractivity (Wildman–Crippen MR) is 62.1 cm³/mol. The Morgan fingerprint density at radius 1 is 1.53 bits per heavy atom. The van der Waals surface area contributed by atoms with Crippen molar-refractivity contribution in [3.8, 4) is 0 Å². The fourth-order valence-electron chi connectivity index (χ4n) is 1.83. The maximum Gasteiger partial charge on any atom is 0.282 e. The Morgan fingerprint density at radius 3 is 2.76 bits per heavy atom. The third-order valence-electron chi connectivity index (χ3n) is 2.59. The van der Waals surface area contributed by atoms with E-state index in [0.717, 1.165) is 5.56 Å². The summed E-state index contributed by atoms with van der Waals surface area (Å²) in [6.45, 7) is 2.85. The zero-order valence-corrected chi connectivity index (χ0v) is 9.60. The van der Waals surface area contributed by atoms with Crippen LogP contribution in [0.4, 0.5) is 4.39 Å². The van der Waals surface area contributed by atoms with E-state index in [2.05, 4.69) is 4.99 Å². The van der Waals surface area contributed by atoms with Crippen molar-refractivity contribution >= 4 is 6.02 Å². The van der Waals surface area contributed by atoms with Crippen LogP contribution >= 0.6 is 0 Å². The van der Waals surface area contributed by atoms with Gasteiger partial charge in [-0.15, -0.1) is 0 Å². The van der Waals surface area contributed by atoms with Crippen LogP contribution in [0.1, 0.15) is 18.6 Å². The third-order valence-corrected chi connectivity index (χ3v) is 2.59. The summed E-state index contributed by atoms with van der Waals surface area (Å²) in [5.41, 5.74) is 6.35. The molecular weight excluding hydrogens is 223 g/mol. The van der Waals surface area contributed by atoms with E-state index in [1.165, 1.54) is 12.1 Å². The molecule has 2 atom stereocenters. The lowest BCUT2D eigenvalue weighted by Crippen LogP contribution is -2.21. The summed E-state index contributed by atoms with van der Waals surface area (Å²) in [6, 6.07) is 6.22. The molecule has 0 spiro atoms. The summed E-state index contributed by atoms with van der Waals surface area (Å²) in [6.07, 6.45) is -0.248. The first-order valence-corrected chi connectivity index (χ1v) is 5.54. The van der Waals surface area contributed by atoms with Gasteiger partial charge in [-0.25, -0.2) is 9.38 Å². The minimum Gasteiger partial charge on any atom is -0.463 e. The molecule has 4 nitrogen and oxygen atoms in total. The molecule has 0 bridgehead atoms. The maximum atomic E-state index is 12.9. The van der Waals surface area contributed by atoms with E-state index in [9.17, 15) is 4.39 Å². The van der Waals surface area contributed by atoms with Gasteiger partial charge in [0.2, 0.25) is 0 Å². The molecule has 0 amide bonds. The van der Waals surface area contributed by atoms with Crippen molar-refractivity contribution in [1.82, 2.24) is 0 Å². The summed E-state index contributed by atoms with van der Waals surface area (Å²) < 4.78 is 23.6. The maximum absolute atomic E-state index is 12.9. The summed E-state index contributed by atoms with van der Waals surface area (Å²) in [7, 11) is 0. The molecule has 1 aliphatic heterocycles. The smallest absolute Gasteiger partial charge is 0.282 e. The van der Waals surface area contributed by atoms with E-state index >= 15 is 0 Å². The van der Waals surface area contributed by atoms with Gasteiger partial charge in [0.1, 0.15) is 24.6 Å². The fourth-order valence-corrected chi connectivity index (χ4v) is 1.83. The molecule has 1 unspecified atom stereocenters. The number of hydrogen-bond donors (Lipinski definition) is 1. The largest absolute Gasteiger partial charge is 0.463 e. The second-order valence-electron chi connectivity index (χ2n) is 3.77. The van der Waals surface area contributed by atoms with Crippen LogP contribution in [0.15, 0.2) is 29.3 Å². The molecule has 92 valence electrons. The van der Waals surface area contributed by atoms with Gasteiger partial charge >= 0.3 is 0 Å². The average molecular weight is 238 g/mol. The van der Waals surface area contributed by atoms with Crippen molar-refractivity contribution in [1.29, 1.82) is 0 Å². The normalized spacial score (nSPS) is 20.8. The standard InChI is InChI=1S/C12H15FN2O2/c1-2-16-11(10-7-17-12(14)15-10)8-3-5-9(13)6-4-8/h3-6,10-11H,2,7H2,1H3,(H2,14,15)/t10?,11-/m0/s1. The monoisotopic (exact) mass is 238 g/mol. The number of nitrogens with two attached hydrogens (primary N) is 1. The predicted octanol–water partition coefficient (Wildman–Crippen LogP) is 1.62. The first-order valence-electron chi connectivity index (χ1n) is 5.54. The van der Waals surface area contributed by atoms with E-state index in [1.54, 1.807) is 12.1 Å². The topological polar surface area (TPSA) is 56.8 Å². The minimum absolute atomic E-state index is 0.166. The number of ether oxygens (including phenoxy) is 2. The number of amidine groups is 1. The lowest BCUT2D eigenvalue weighted by atomic mass is 10.0. The molecule has 0 saturated heterocycles. The minimum atomic E-state index is -0.269. The van der Waals surface area contributed by atoms with Gasteiger partial charge in [-0.2, -0.15) is 0 Å². The number of hydrogen-bond acceptors (Lipinski definition) is 4. The Bertz CT molecular complexity index is 405. The molecule has 1 heterocycles. The van der Waals surface area contributed by atoms with Crippen molar-refractivity contribution in [2.75, 3.05) is 13.2 Å². The van der Waals surface area contributed by atoms with E-state index in [1.807, 2.05) is 6.92 Å². The SMILES string of the molecule is CCO[C@@H](c1ccc(F)cc1)C1COC(N)=N1. The first-order chi connectivity index (χ1) is 8.20. The third kappa shape index (κ3) is 2.74. The van der Waals surface area contributed by atoms with Crippen LogP contribution < -0.4 is 5.73 Å². The van der Waals surface area contributed by atoms with Gasteiger partial charge in [0.05, 0.1) is 0 Å². The summed E-state index contributed by atoms with van der Waals surface area (Å²) in [5, 5.41) is 0. The quantitative estimate of drug-likeness (QED) is 0.867. The molecular formula is C12H15FN2O2. The van der Waals surface area contributed by atoms with Gasteiger partial charge in [-0.1, -0.05) is 12.1 Å². The highest BCUT2D eigenvalue weighted by atomic mass is 19.1. The molecule has 5 heteroatoms. The Kier molecular flexibility index (Phi) is 3.58. The Morgan fingerprint density at radius 2 is 2.24 bits per heavy atom. The number of rotatable bonds is 4. The van der Waals surface area contributed by atoms with Crippen molar-refractivity contribution < 1.29 is 13.9 Å². The second kappa shape index (κ2) is 5.14. The molecule has 1 aliphatic rings. The lowest BCUT2D eigenvalue weighted by Gasteiger charge is -2.20. The highest BCUT2D eigenvalue weighted by molar-refractivity contribution is 5.73. The molecule has 0 fully saturated rings. The molecule has 1 aromatic rings. The summed E-state index contributed by atoms with van der Waals surface area (Å²) in [5.74, 6) is -0.269. The Hall–Kier alpha value is -1.62. The van der Waals surface area contributed by atoms with Crippen molar-refractivity contribution in [2.45, 2.75) is 19.1 Å². The van der Waals surface area contributed by atoms with E-state index in [4.69, 9.17) is 15.2 Å². The lowest BCUT2D eigenvalue weighted by molar-refractivity contribution is 0.0374. The van der Waals surface area contributed by atoms with Gasteiger partial charge < -0.3 is 15.2 Å². The first kappa shape index (κ1) is 11.9. The fraction of sp³-hybridized carbons (Fsp3) is 0.417. The number of halogens is 1. The Labute approximate surface area is 99.2 Å². The van der Waals surface area contributed by atoms with Crippen LogP contribution in [0.25, 0.3) is 0 Å². The van der Waals surface area contributed by atoms with Crippen LogP contribution in [0, 0.1) is 5.82 Å². The Balaban J connectivity index is 2.19. The van der Waals surface area contributed by atoms with Gasteiger partial charge in [0.15, 0.2) is 0 Å².